The third-order valence-corrected chi connectivity index (χ3v) is 4.09. The van der Waals surface area contributed by atoms with E-state index in [1.165, 1.54) is 30.3 Å². The van der Waals surface area contributed by atoms with Crippen LogP contribution in [0.5, 0.6) is 5.75 Å². The molecule has 0 aliphatic carbocycles. The summed E-state index contributed by atoms with van der Waals surface area (Å²) in [5.74, 6) is -0.511. The molecule has 0 amide bonds. The zero-order chi connectivity index (χ0) is 14.0. The molecule has 3 nitrogen and oxygen atoms in total. The van der Waals surface area contributed by atoms with Crippen molar-refractivity contribution in [2.24, 2.45) is 0 Å². The summed E-state index contributed by atoms with van der Waals surface area (Å²) in [4.78, 5) is -0.236. The fourth-order valence-electron chi connectivity index (χ4n) is 1.47. The number of rotatable bonds is 3. The van der Waals surface area contributed by atoms with E-state index in [4.69, 9.17) is 15.8 Å². The first-order chi connectivity index (χ1) is 8.88. The second kappa shape index (κ2) is 5.19. The Bertz CT molecular complexity index is 714. The van der Waals surface area contributed by atoms with Crippen LogP contribution in [0.25, 0.3) is 0 Å². The lowest BCUT2D eigenvalue weighted by molar-refractivity contribution is 0.484. The van der Waals surface area contributed by atoms with Gasteiger partial charge >= 0.3 is 10.1 Å². The maximum Gasteiger partial charge on any atom is 0.339 e. The number of halogens is 2. The average Bonchev–Trinajstić information content (AvgIpc) is 2.33. The summed E-state index contributed by atoms with van der Waals surface area (Å²) in [5.41, 5.74) is 0.689. The minimum atomic E-state index is -4.05. The third-order valence-electron chi connectivity index (χ3n) is 2.42. The Morgan fingerprint density at radius 3 is 2.53 bits per heavy atom. The summed E-state index contributed by atoms with van der Waals surface area (Å²) in [7, 11) is -4.05. The molecule has 0 spiro atoms. The van der Waals surface area contributed by atoms with Crippen LogP contribution in [0.4, 0.5) is 4.39 Å². The summed E-state index contributed by atoms with van der Waals surface area (Å²) in [6.07, 6.45) is 0. The van der Waals surface area contributed by atoms with Crippen molar-refractivity contribution in [3.8, 4) is 5.75 Å². The van der Waals surface area contributed by atoms with Gasteiger partial charge in [0, 0.05) is 5.02 Å². The van der Waals surface area contributed by atoms with Gasteiger partial charge in [-0.1, -0.05) is 17.7 Å². The first-order valence-electron chi connectivity index (χ1n) is 5.35. The largest absolute Gasteiger partial charge is 0.379 e. The minimum absolute atomic E-state index is 0.131. The van der Waals surface area contributed by atoms with Gasteiger partial charge in [0.05, 0.1) is 0 Å². The Kier molecular flexibility index (Phi) is 3.78. The Balaban J connectivity index is 2.33. The molecule has 19 heavy (non-hydrogen) atoms. The van der Waals surface area contributed by atoms with Crippen LogP contribution in [0.1, 0.15) is 5.56 Å². The monoisotopic (exact) mass is 300 g/mol. The second-order valence-corrected chi connectivity index (χ2v) is 5.86. The highest BCUT2D eigenvalue weighted by Crippen LogP contribution is 2.24. The maximum absolute atomic E-state index is 13.0. The maximum atomic E-state index is 13.0. The van der Waals surface area contributed by atoms with Crippen LogP contribution in [0, 0.1) is 12.7 Å². The molecule has 0 aliphatic rings. The van der Waals surface area contributed by atoms with Gasteiger partial charge in [-0.25, -0.2) is 4.39 Å². The van der Waals surface area contributed by atoms with Gasteiger partial charge < -0.3 is 4.18 Å². The van der Waals surface area contributed by atoms with Gasteiger partial charge in [0.1, 0.15) is 16.5 Å². The summed E-state index contributed by atoms with van der Waals surface area (Å²) >= 11 is 5.84. The molecule has 0 aliphatic heterocycles. The first kappa shape index (κ1) is 13.8. The van der Waals surface area contributed by atoms with Crippen LogP contribution in [0.15, 0.2) is 47.4 Å². The summed E-state index contributed by atoms with van der Waals surface area (Å²) in [6.45, 7) is 1.73. The van der Waals surface area contributed by atoms with E-state index in [9.17, 15) is 12.8 Å². The van der Waals surface area contributed by atoms with Crippen LogP contribution < -0.4 is 4.18 Å². The van der Waals surface area contributed by atoms with Gasteiger partial charge in [-0.05, 0) is 48.9 Å². The summed E-state index contributed by atoms with van der Waals surface area (Å²) in [6, 6.07) is 9.10. The van der Waals surface area contributed by atoms with Crippen LogP contribution >= 0.6 is 11.6 Å². The van der Waals surface area contributed by atoms with Gasteiger partial charge in [-0.3, -0.25) is 0 Å². The minimum Gasteiger partial charge on any atom is -0.379 e. The molecule has 0 atom stereocenters. The first-order valence-corrected chi connectivity index (χ1v) is 7.13. The quantitative estimate of drug-likeness (QED) is 0.814. The number of aryl methyl sites for hydroxylation is 1. The smallest absolute Gasteiger partial charge is 0.339 e. The van der Waals surface area contributed by atoms with Gasteiger partial charge in [0.15, 0.2) is 0 Å². The van der Waals surface area contributed by atoms with Gasteiger partial charge in [-0.2, -0.15) is 8.42 Å². The Hall–Kier alpha value is -1.59. The molecule has 2 aromatic rings. The van der Waals surface area contributed by atoms with Crippen molar-refractivity contribution in [3.05, 3.63) is 58.9 Å². The van der Waals surface area contributed by atoms with Crippen molar-refractivity contribution in [2.45, 2.75) is 11.8 Å². The van der Waals surface area contributed by atoms with Gasteiger partial charge in [0.2, 0.25) is 0 Å². The zero-order valence-electron chi connectivity index (χ0n) is 9.93. The highest BCUT2D eigenvalue weighted by atomic mass is 35.5. The predicted molar refractivity (Wildman–Crippen MR) is 70.4 cm³/mol. The summed E-state index contributed by atoms with van der Waals surface area (Å²) in [5, 5.41) is 0.510. The van der Waals surface area contributed by atoms with E-state index in [1.807, 2.05) is 0 Å². The Morgan fingerprint density at radius 2 is 1.89 bits per heavy atom. The molecule has 2 aromatic carbocycles. The number of benzene rings is 2. The molecule has 100 valence electrons. The van der Waals surface area contributed by atoms with Crippen molar-refractivity contribution in [1.82, 2.24) is 0 Å². The molecule has 0 unspecified atom stereocenters. The standard InChI is InChI=1S/C13H10ClFO3S/c1-9-7-11(5-6-13(9)14)18-19(16,17)12-4-2-3-10(15)8-12/h2-8H,1H3. The van der Waals surface area contributed by atoms with Crippen LogP contribution in [0.2, 0.25) is 5.02 Å². The molecule has 0 saturated heterocycles. The highest BCUT2D eigenvalue weighted by Gasteiger charge is 2.17. The molecule has 0 heterocycles. The normalized spacial score (nSPS) is 11.3. The third kappa shape index (κ3) is 3.24. The number of hydrogen-bond acceptors (Lipinski definition) is 3. The number of hydrogen-bond donors (Lipinski definition) is 0. The van der Waals surface area contributed by atoms with E-state index in [-0.39, 0.29) is 10.6 Å². The molecule has 0 bridgehead atoms. The van der Waals surface area contributed by atoms with Crippen molar-refractivity contribution < 1.29 is 17.0 Å². The summed E-state index contributed by atoms with van der Waals surface area (Å²) < 4.78 is 41.8. The molecule has 0 aromatic heterocycles. The van der Waals surface area contributed by atoms with E-state index < -0.39 is 15.9 Å². The average molecular weight is 301 g/mol. The fraction of sp³-hybridized carbons (Fsp3) is 0.0769. The molecule has 0 N–H and O–H groups in total. The van der Waals surface area contributed by atoms with Crippen LogP contribution in [0.3, 0.4) is 0 Å². The Labute approximate surface area is 115 Å². The van der Waals surface area contributed by atoms with Crippen molar-refractivity contribution in [1.29, 1.82) is 0 Å². The van der Waals surface area contributed by atoms with Gasteiger partial charge in [0.25, 0.3) is 0 Å². The van der Waals surface area contributed by atoms with E-state index in [0.29, 0.717) is 10.6 Å². The SMILES string of the molecule is Cc1cc(OS(=O)(=O)c2cccc(F)c2)ccc1Cl. The lowest BCUT2D eigenvalue weighted by Crippen LogP contribution is -2.10. The van der Waals surface area contributed by atoms with E-state index in [1.54, 1.807) is 6.92 Å². The lowest BCUT2D eigenvalue weighted by Gasteiger charge is -2.08. The molecule has 0 radical (unpaired) electrons. The fourth-order valence-corrected chi connectivity index (χ4v) is 2.54. The lowest BCUT2D eigenvalue weighted by atomic mass is 10.2. The molecule has 0 fully saturated rings. The highest BCUT2D eigenvalue weighted by molar-refractivity contribution is 7.87. The van der Waals surface area contributed by atoms with E-state index >= 15 is 0 Å². The van der Waals surface area contributed by atoms with Gasteiger partial charge in [-0.15, -0.1) is 0 Å². The molecule has 6 heteroatoms. The molecular weight excluding hydrogens is 291 g/mol. The Morgan fingerprint density at radius 1 is 1.16 bits per heavy atom. The second-order valence-electron chi connectivity index (χ2n) is 3.91. The van der Waals surface area contributed by atoms with E-state index in [0.717, 1.165) is 12.1 Å². The predicted octanol–water partition coefficient (Wildman–Crippen LogP) is 3.56. The van der Waals surface area contributed by atoms with Crippen molar-refractivity contribution >= 4 is 21.7 Å². The molecular formula is C13H10ClFO3S. The van der Waals surface area contributed by atoms with Crippen LogP contribution in [-0.4, -0.2) is 8.42 Å². The zero-order valence-corrected chi connectivity index (χ0v) is 11.5. The van der Waals surface area contributed by atoms with Crippen molar-refractivity contribution in [2.75, 3.05) is 0 Å². The molecule has 0 saturated carbocycles. The molecule has 2 rings (SSSR count). The van der Waals surface area contributed by atoms with Crippen LogP contribution in [-0.2, 0) is 10.1 Å². The van der Waals surface area contributed by atoms with Crippen molar-refractivity contribution in [3.63, 3.8) is 0 Å². The van der Waals surface area contributed by atoms with E-state index in [2.05, 4.69) is 0 Å². The topological polar surface area (TPSA) is 43.4 Å².